The first-order chi connectivity index (χ1) is 12.1. The Bertz CT molecular complexity index is 333. The van der Waals surface area contributed by atoms with Crippen molar-refractivity contribution >= 4 is 23.9 Å². The summed E-state index contributed by atoms with van der Waals surface area (Å²) in [5.74, 6) is -3.34. The fourth-order valence-corrected chi connectivity index (χ4v) is 0.567. The molecule has 26 heavy (non-hydrogen) atoms. The van der Waals surface area contributed by atoms with Gasteiger partial charge in [0.15, 0.2) is 0 Å². The van der Waals surface area contributed by atoms with Crippen LogP contribution in [0.25, 0.3) is 0 Å². The maximum absolute atomic E-state index is 9.96. The molecule has 10 N–H and O–H groups in total. The summed E-state index contributed by atoms with van der Waals surface area (Å²) in [4.78, 5) is 38.7. The molecule has 0 aromatic heterocycles. The molecule has 0 aliphatic carbocycles. The minimum atomic E-state index is -0.923. The van der Waals surface area contributed by atoms with Crippen LogP contribution in [-0.2, 0) is 19.2 Å². The molecule has 0 saturated carbocycles. The highest BCUT2D eigenvalue weighted by Crippen LogP contribution is 1.67. The predicted octanol–water partition coefficient (Wildman–Crippen LogP) is -1.80. The van der Waals surface area contributed by atoms with Gasteiger partial charge in [0.05, 0.1) is 13.1 Å². The van der Waals surface area contributed by atoms with Crippen LogP contribution in [0.2, 0.25) is 0 Å². The quantitative estimate of drug-likeness (QED) is 0.195. The topological polar surface area (TPSA) is 225 Å². The van der Waals surface area contributed by atoms with Crippen LogP contribution >= 0.6 is 0 Å². The lowest BCUT2D eigenvalue weighted by atomic mass is 10.5. The third-order valence-corrected chi connectivity index (χ3v) is 1.80. The van der Waals surface area contributed by atoms with Gasteiger partial charge in [-0.1, -0.05) is 13.8 Å². The normalized spacial score (nSPS) is 8.46. The van der Waals surface area contributed by atoms with Crippen molar-refractivity contribution in [2.24, 2.45) is 11.5 Å². The van der Waals surface area contributed by atoms with Crippen LogP contribution < -0.4 is 22.1 Å². The van der Waals surface area contributed by atoms with Crippen LogP contribution in [0.4, 0.5) is 0 Å². The molecule has 12 nitrogen and oxygen atoms in total. The van der Waals surface area contributed by atoms with Gasteiger partial charge in [0.1, 0.15) is 0 Å². The molecule has 0 atom stereocenters. The number of carboxylic acid groups (broad SMARTS) is 4. The second kappa shape index (κ2) is 27.6. The van der Waals surface area contributed by atoms with Crippen LogP contribution in [0.3, 0.4) is 0 Å². The zero-order valence-electron chi connectivity index (χ0n) is 15.2. The average molecular weight is 384 g/mol. The van der Waals surface area contributed by atoms with Crippen molar-refractivity contribution in [2.45, 2.75) is 26.7 Å². The second-order valence-electron chi connectivity index (χ2n) is 4.21. The van der Waals surface area contributed by atoms with Gasteiger partial charge >= 0.3 is 23.9 Å². The fraction of sp³-hybridized carbons (Fsp3) is 0.714. The Labute approximate surface area is 152 Å². The second-order valence-corrected chi connectivity index (χ2v) is 4.21. The molecule has 0 aliphatic heterocycles. The van der Waals surface area contributed by atoms with Crippen molar-refractivity contribution in [3.05, 3.63) is 0 Å². The number of aliphatic carboxylic acids is 4. The number of hydrogen-bond donors (Lipinski definition) is 8. The maximum Gasteiger partial charge on any atom is 0.317 e. The number of hydrogen-bond acceptors (Lipinski definition) is 8. The first-order valence-electron chi connectivity index (χ1n) is 7.77. The van der Waals surface area contributed by atoms with Gasteiger partial charge in [0.2, 0.25) is 0 Å². The van der Waals surface area contributed by atoms with E-state index in [1.165, 1.54) is 0 Å². The van der Waals surface area contributed by atoms with Gasteiger partial charge in [0, 0.05) is 39.0 Å². The first kappa shape index (κ1) is 31.5. The number of carboxylic acids is 4. The molecule has 0 amide bonds. The van der Waals surface area contributed by atoms with E-state index < -0.39 is 23.9 Å². The van der Waals surface area contributed by atoms with Crippen LogP contribution in [0, 0.1) is 0 Å². The highest BCUT2D eigenvalue weighted by Gasteiger charge is 1.96. The highest BCUT2D eigenvalue weighted by atomic mass is 16.4. The lowest BCUT2D eigenvalue weighted by Gasteiger charge is -2.01. The molecule has 12 heteroatoms. The smallest absolute Gasteiger partial charge is 0.317 e. The lowest BCUT2D eigenvalue weighted by Crippen LogP contribution is -2.33. The van der Waals surface area contributed by atoms with Gasteiger partial charge in [0.25, 0.3) is 0 Å². The van der Waals surface area contributed by atoms with Crippen molar-refractivity contribution in [3.8, 4) is 0 Å². The van der Waals surface area contributed by atoms with Gasteiger partial charge in [-0.2, -0.15) is 0 Å². The molecule has 0 rings (SSSR count). The van der Waals surface area contributed by atoms with E-state index >= 15 is 0 Å². The maximum atomic E-state index is 9.96. The summed E-state index contributed by atoms with van der Waals surface area (Å²) in [5.41, 5.74) is 9.81. The number of carbonyl (C=O) groups is 4. The molecule has 0 heterocycles. The average Bonchev–Trinajstić information content (AvgIpc) is 2.58. The molecule has 0 aliphatic rings. The number of nitrogens with two attached hydrogens (primary N) is 2. The summed E-state index contributed by atoms with van der Waals surface area (Å²) in [7, 11) is 0. The van der Waals surface area contributed by atoms with Crippen LogP contribution in [-0.4, -0.2) is 83.6 Å². The van der Waals surface area contributed by atoms with Gasteiger partial charge in [-0.25, -0.2) is 0 Å². The minimum absolute atomic E-state index is 0.102. The van der Waals surface area contributed by atoms with Crippen LogP contribution in [0.1, 0.15) is 26.7 Å². The molecule has 0 unspecified atom stereocenters. The van der Waals surface area contributed by atoms with E-state index in [0.717, 1.165) is 0 Å². The van der Waals surface area contributed by atoms with Crippen molar-refractivity contribution in [1.82, 2.24) is 10.6 Å². The van der Waals surface area contributed by atoms with Gasteiger partial charge in [-0.05, 0) is 0 Å². The van der Waals surface area contributed by atoms with E-state index in [9.17, 15) is 19.2 Å². The molecule has 0 spiro atoms. The highest BCUT2D eigenvalue weighted by molar-refractivity contribution is 5.69. The largest absolute Gasteiger partial charge is 0.481 e. The Morgan fingerprint density at radius 1 is 0.654 bits per heavy atom. The first-order valence-corrected chi connectivity index (χ1v) is 7.77. The SMILES string of the molecule is CCC(=O)O.CCC(=O)O.NCCN.O=C(O)CNCCNCC(=O)O. The summed E-state index contributed by atoms with van der Waals surface area (Å²) in [5, 5.41) is 37.0. The van der Waals surface area contributed by atoms with E-state index in [1.807, 2.05) is 0 Å². The molecule has 0 bridgehead atoms. The summed E-state index contributed by atoms with van der Waals surface area (Å²) in [6.45, 7) is 5.08. The Morgan fingerprint density at radius 3 is 1.00 bits per heavy atom. The third-order valence-electron chi connectivity index (χ3n) is 1.80. The molecule has 0 aromatic carbocycles. The molecule has 0 fully saturated rings. The Balaban J connectivity index is -0.000000143. The van der Waals surface area contributed by atoms with Crippen molar-refractivity contribution in [1.29, 1.82) is 0 Å². The Morgan fingerprint density at radius 2 is 0.885 bits per heavy atom. The van der Waals surface area contributed by atoms with E-state index in [4.69, 9.17) is 31.9 Å². The Kier molecular flexibility index (Phi) is 33.4. The zero-order valence-corrected chi connectivity index (χ0v) is 15.2. The third kappa shape index (κ3) is 67.9. The predicted molar refractivity (Wildman–Crippen MR) is 95.0 cm³/mol. The van der Waals surface area contributed by atoms with Crippen molar-refractivity contribution in [2.75, 3.05) is 39.3 Å². The molecule has 0 radical (unpaired) electrons. The minimum Gasteiger partial charge on any atom is -0.481 e. The summed E-state index contributed by atoms with van der Waals surface area (Å²) in [6, 6.07) is 0. The Hall–Kier alpha value is -2.28. The van der Waals surface area contributed by atoms with Gasteiger partial charge in [-0.3, -0.25) is 19.2 Å². The standard InChI is InChI=1S/C6H12N2O4.2C3H6O2.C2H8N2/c9-5(10)3-7-1-2-8-4-6(11)12;2*1-2-3(4)5;3-1-2-4/h7-8H,1-4H2,(H,9,10)(H,11,12);2*2H2,1H3,(H,4,5);1-4H2. The summed E-state index contributed by atoms with van der Waals surface area (Å²) < 4.78 is 0. The van der Waals surface area contributed by atoms with Crippen molar-refractivity contribution < 1.29 is 39.6 Å². The molecular weight excluding hydrogens is 352 g/mol. The zero-order chi connectivity index (χ0) is 21.4. The molecule has 0 saturated heterocycles. The molecule has 156 valence electrons. The van der Waals surface area contributed by atoms with E-state index in [2.05, 4.69) is 10.6 Å². The van der Waals surface area contributed by atoms with E-state index in [0.29, 0.717) is 26.2 Å². The van der Waals surface area contributed by atoms with Crippen molar-refractivity contribution in [3.63, 3.8) is 0 Å². The summed E-state index contributed by atoms with van der Waals surface area (Å²) >= 11 is 0. The van der Waals surface area contributed by atoms with Crippen LogP contribution in [0.5, 0.6) is 0 Å². The number of rotatable bonds is 10. The van der Waals surface area contributed by atoms with E-state index in [-0.39, 0.29) is 25.9 Å². The molecule has 0 aromatic rings. The van der Waals surface area contributed by atoms with Crippen LogP contribution in [0.15, 0.2) is 0 Å². The molecular formula is C14H32N4O8. The van der Waals surface area contributed by atoms with Gasteiger partial charge < -0.3 is 42.5 Å². The van der Waals surface area contributed by atoms with Gasteiger partial charge in [-0.15, -0.1) is 0 Å². The number of nitrogens with one attached hydrogen (secondary N) is 2. The summed E-state index contributed by atoms with van der Waals surface area (Å²) in [6.07, 6.45) is 0.444. The monoisotopic (exact) mass is 384 g/mol. The lowest BCUT2D eigenvalue weighted by molar-refractivity contribution is -0.137. The fourth-order valence-electron chi connectivity index (χ4n) is 0.567. The van der Waals surface area contributed by atoms with E-state index in [1.54, 1.807) is 13.8 Å².